The molecule has 0 spiro atoms. The second-order valence-electron chi connectivity index (χ2n) is 3.63. The van der Waals surface area contributed by atoms with Crippen LogP contribution in [-0.2, 0) is 4.79 Å². The van der Waals surface area contributed by atoms with E-state index in [2.05, 4.69) is 26.1 Å². The van der Waals surface area contributed by atoms with E-state index < -0.39 is 0 Å². The summed E-state index contributed by atoms with van der Waals surface area (Å²) in [4.78, 5) is 11.3. The van der Waals surface area contributed by atoms with Crippen LogP contribution in [0.25, 0.3) is 0 Å². The van der Waals surface area contributed by atoms with E-state index in [-0.39, 0.29) is 11.8 Å². The molecule has 1 fully saturated rings. The van der Waals surface area contributed by atoms with Gasteiger partial charge >= 0.3 is 0 Å². The molecule has 1 amide bonds. The monoisotopic (exact) mass is 155 g/mol. The number of carbonyl (C=O) groups excluding carboxylic acids is 1. The van der Waals surface area contributed by atoms with Gasteiger partial charge in [-0.05, 0) is 11.8 Å². The van der Waals surface area contributed by atoms with Gasteiger partial charge in [0.25, 0.3) is 0 Å². The molecule has 0 aliphatic carbocycles. The highest BCUT2D eigenvalue weighted by molar-refractivity contribution is 5.81. The molecule has 2 heteroatoms. The van der Waals surface area contributed by atoms with Crippen LogP contribution in [0.15, 0.2) is 0 Å². The highest BCUT2D eigenvalue weighted by atomic mass is 16.2. The summed E-state index contributed by atoms with van der Waals surface area (Å²) < 4.78 is 0. The van der Waals surface area contributed by atoms with E-state index in [0.29, 0.717) is 11.8 Å². The Balaban J connectivity index is 2.60. The first-order valence-corrected chi connectivity index (χ1v) is 4.44. The first-order chi connectivity index (χ1) is 5.16. The van der Waals surface area contributed by atoms with Crippen molar-refractivity contribution in [3.63, 3.8) is 0 Å². The zero-order valence-electron chi connectivity index (χ0n) is 7.55. The molecule has 3 atom stereocenters. The highest BCUT2D eigenvalue weighted by Gasteiger charge is 2.34. The van der Waals surface area contributed by atoms with E-state index in [1.807, 2.05) is 0 Å². The molecule has 11 heavy (non-hydrogen) atoms. The Kier molecular flexibility index (Phi) is 2.53. The topological polar surface area (TPSA) is 29.1 Å². The van der Waals surface area contributed by atoms with Gasteiger partial charge in [0.2, 0.25) is 5.91 Å². The lowest BCUT2D eigenvalue weighted by Crippen LogP contribution is -2.24. The Morgan fingerprint density at radius 2 is 2.36 bits per heavy atom. The van der Waals surface area contributed by atoms with Crippen molar-refractivity contribution in [3.8, 4) is 0 Å². The molecule has 0 aromatic heterocycles. The van der Waals surface area contributed by atoms with Gasteiger partial charge in [-0.25, -0.2) is 0 Å². The normalized spacial score (nSPS) is 33.5. The SMILES string of the molecule is CCC(C)C1C(=O)NCC1C. The fourth-order valence-electron chi connectivity index (χ4n) is 1.84. The van der Waals surface area contributed by atoms with Crippen molar-refractivity contribution in [1.82, 2.24) is 5.32 Å². The van der Waals surface area contributed by atoms with Crippen molar-refractivity contribution in [1.29, 1.82) is 0 Å². The fourth-order valence-corrected chi connectivity index (χ4v) is 1.84. The van der Waals surface area contributed by atoms with Gasteiger partial charge in [0.1, 0.15) is 0 Å². The molecule has 1 rings (SSSR count). The van der Waals surface area contributed by atoms with Crippen molar-refractivity contribution in [2.45, 2.75) is 27.2 Å². The Morgan fingerprint density at radius 3 is 2.73 bits per heavy atom. The molecule has 0 aromatic carbocycles. The molecule has 64 valence electrons. The largest absolute Gasteiger partial charge is 0.356 e. The minimum Gasteiger partial charge on any atom is -0.356 e. The third-order valence-electron chi connectivity index (χ3n) is 2.77. The van der Waals surface area contributed by atoms with Crippen LogP contribution >= 0.6 is 0 Å². The molecule has 1 aliphatic heterocycles. The minimum absolute atomic E-state index is 0.256. The number of amides is 1. The molecule has 1 saturated heterocycles. The van der Waals surface area contributed by atoms with Crippen molar-refractivity contribution in [2.24, 2.45) is 17.8 Å². The zero-order valence-corrected chi connectivity index (χ0v) is 7.55. The maximum atomic E-state index is 11.3. The number of hydrogen-bond donors (Lipinski definition) is 1. The van der Waals surface area contributed by atoms with Crippen molar-refractivity contribution >= 4 is 5.91 Å². The summed E-state index contributed by atoms with van der Waals surface area (Å²) in [5.41, 5.74) is 0. The summed E-state index contributed by atoms with van der Waals surface area (Å²) in [6, 6.07) is 0. The summed E-state index contributed by atoms with van der Waals surface area (Å²) in [6.07, 6.45) is 1.10. The quantitative estimate of drug-likeness (QED) is 0.642. The molecule has 0 aromatic rings. The van der Waals surface area contributed by atoms with Crippen LogP contribution in [0.3, 0.4) is 0 Å². The third kappa shape index (κ3) is 1.55. The van der Waals surface area contributed by atoms with Gasteiger partial charge in [-0.3, -0.25) is 4.79 Å². The molecule has 0 radical (unpaired) electrons. The first kappa shape index (κ1) is 8.57. The standard InChI is InChI=1S/C9H17NO/c1-4-6(2)8-7(3)5-10-9(8)11/h6-8H,4-5H2,1-3H3,(H,10,11). The average Bonchev–Trinajstić information content (AvgIpc) is 2.30. The summed E-state index contributed by atoms with van der Waals surface area (Å²) in [5.74, 6) is 1.58. The molecule has 1 heterocycles. The molecule has 1 N–H and O–H groups in total. The van der Waals surface area contributed by atoms with Crippen LogP contribution < -0.4 is 5.32 Å². The van der Waals surface area contributed by atoms with E-state index in [4.69, 9.17) is 0 Å². The van der Waals surface area contributed by atoms with E-state index in [1.165, 1.54) is 0 Å². The number of rotatable bonds is 2. The van der Waals surface area contributed by atoms with Gasteiger partial charge in [0, 0.05) is 12.5 Å². The summed E-state index contributed by atoms with van der Waals surface area (Å²) in [7, 11) is 0. The number of carbonyl (C=O) groups is 1. The molecular formula is C9H17NO. The average molecular weight is 155 g/mol. The second kappa shape index (κ2) is 3.24. The Bertz CT molecular complexity index is 156. The molecule has 0 bridgehead atoms. The van der Waals surface area contributed by atoms with E-state index >= 15 is 0 Å². The van der Waals surface area contributed by atoms with Crippen LogP contribution in [0.2, 0.25) is 0 Å². The van der Waals surface area contributed by atoms with Crippen LogP contribution in [-0.4, -0.2) is 12.5 Å². The maximum absolute atomic E-state index is 11.3. The van der Waals surface area contributed by atoms with Crippen LogP contribution in [0, 0.1) is 17.8 Å². The smallest absolute Gasteiger partial charge is 0.223 e. The first-order valence-electron chi connectivity index (χ1n) is 4.44. The van der Waals surface area contributed by atoms with Gasteiger partial charge in [-0.2, -0.15) is 0 Å². The van der Waals surface area contributed by atoms with E-state index in [1.54, 1.807) is 0 Å². The number of hydrogen-bond acceptors (Lipinski definition) is 1. The van der Waals surface area contributed by atoms with Crippen molar-refractivity contribution in [2.75, 3.05) is 6.54 Å². The highest BCUT2D eigenvalue weighted by Crippen LogP contribution is 2.27. The molecule has 1 aliphatic rings. The van der Waals surface area contributed by atoms with Crippen molar-refractivity contribution in [3.05, 3.63) is 0 Å². The minimum atomic E-state index is 0.256. The van der Waals surface area contributed by atoms with Gasteiger partial charge < -0.3 is 5.32 Å². The Morgan fingerprint density at radius 1 is 1.73 bits per heavy atom. The predicted octanol–water partition coefficient (Wildman–Crippen LogP) is 1.41. The molecule has 2 nitrogen and oxygen atoms in total. The molecular weight excluding hydrogens is 138 g/mol. The van der Waals surface area contributed by atoms with Gasteiger partial charge in [-0.1, -0.05) is 27.2 Å². The molecule has 3 unspecified atom stereocenters. The predicted molar refractivity (Wildman–Crippen MR) is 45.1 cm³/mol. The van der Waals surface area contributed by atoms with Crippen LogP contribution in [0.1, 0.15) is 27.2 Å². The molecule has 0 saturated carbocycles. The lowest BCUT2D eigenvalue weighted by molar-refractivity contribution is -0.124. The van der Waals surface area contributed by atoms with Crippen LogP contribution in [0.4, 0.5) is 0 Å². The van der Waals surface area contributed by atoms with Crippen molar-refractivity contribution < 1.29 is 4.79 Å². The van der Waals surface area contributed by atoms with E-state index in [0.717, 1.165) is 13.0 Å². The Hall–Kier alpha value is -0.530. The second-order valence-corrected chi connectivity index (χ2v) is 3.63. The lowest BCUT2D eigenvalue weighted by atomic mass is 9.84. The lowest BCUT2D eigenvalue weighted by Gasteiger charge is -2.18. The van der Waals surface area contributed by atoms with Gasteiger partial charge in [0.15, 0.2) is 0 Å². The maximum Gasteiger partial charge on any atom is 0.223 e. The van der Waals surface area contributed by atoms with Gasteiger partial charge in [0.05, 0.1) is 0 Å². The number of nitrogens with one attached hydrogen (secondary N) is 1. The summed E-state index contributed by atoms with van der Waals surface area (Å²) in [6.45, 7) is 7.32. The Labute approximate surface area is 68.4 Å². The van der Waals surface area contributed by atoms with E-state index in [9.17, 15) is 4.79 Å². The van der Waals surface area contributed by atoms with Gasteiger partial charge in [-0.15, -0.1) is 0 Å². The fraction of sp³-hybridized carbons (Fsp3) is 0.889. The zero-order chi connectivity index (χ0) is 8.43. The summed E-state index contributed by atoms with van der Waals surface area (Å²) >= 11 is 0. The third-order valence-corrected chi connectivity index (χ3v) is 2.77. The van der Waals surface area contributed by atoms with Crippen LogP contribution in [0.5, 0.6) is 0 Å². The summed E-state index contributed by atoms with van der Waals surface area (Å²) in [5, 5.41) is 2.90.